The minimum atomic E-state index is -0.596. The summed E-state index contributed by atoms with van der Waals surface area (Å²) in [7, 11) is 0. The predicted octanol–water partition coefficient (Wildman–Crippen LogP) is 4.27. The highest BCUT2D eigenvalue weighted by atomic mass is 35.5. The SMILES string of the molecule is CC(=NN=C1NC(=O)[C@H](CC(=O)Nc2ccc(Cl)cc2)S1)c1cccc(NC(=O)C(C)C)c1. The number of rotatable bonds is 7. The molecule has 33 heavy (non-hydrogen) atoms. The Morgan fingerprint density at radius 3 is 2.55 bits per heavy atom. The summed E-state index contributed by atoms with van der Waals surface area (Å²) in [6.45, 7) is 5.43. The Bertz CT molecular complexity index is 1120. The van der Waals surface area contributed by atoms with Crippen LogP contribution in [0, 0.1) is 5.92 Å². The zero-order valence-electron chi connectivity index (χ0n) is 18.4. The normalized spacial score (nSPS) is 17.2. The minimum Gasteiger partial charge on any atom is -0.326 e. The van der Waals surface area contributed by atoms with Crippen molar-refractivity contribution in [1.29, 1.82) is 0 Å². The van der Waals surface area contributed by atoms with E-state index in [2.05, 4.69) is 26.2 Å². The van der Waals surface area contributed by atoms with Gasteiger partial charge in [0.25, 0.3) is 0 Å². The van der Waals surface area contributed by atoms with Crippen LogP contribution in [0.15, 0.2) is 58.7 Å². The molecule has 3 rings (SSSR count). The summed E-state index contributed by atoms with van der Waals surface area (Å²) < 4.78 is 0. The van der Waals surface area contributed by atoms with Crippen LogP contribution < -0.4 is 16.0 Å². The van der Waals surface area contributed by atoms with Crippen LogP contribution in [0.1, 0.15) is 32.8 Å². The number of hydrogen-bond acceptors (Lipinski definition) is 6. The number of hydrogen-bond donors (Lipinski definition) is 3. The lowest BCUT2D eigenvalue weighted by Gasteiger charge is -2.09. The lowest BCUT2D eigenvalue weighted by atomic mass is 10.1. The Hall–Kier alpha value is -3.17. The van der Waals surface area contributed by atoms with Crippen molar-refractivity contribution in [3.05, 3.63) is 59.1 Å². The van der Waals surface area contributed by atoms with Crippen molar-refractivity contribution >= 4 is 63.3 Å². The molecule has 1 aliphatic heterocycles. The quantitative estimate of drug-likeness (QED) is 0.401. The lowest BCUT2D eigenvalue weighted by molar-refractivity contribution is -0.122. The molecule has 1 saturated heterocycles. The topological polar surface area (TPSA) is 112 Å². The summed E-state index contributed by atoms with van der Waals surface area (Å²) in [5, 5.41) is 16.9. The highest BCUT2D eigenvalue weighted by Gasteiger charge is 2.32. The largest absolute Gasteiger partial charge is 0.326 e. The standard InChI is InChI=1S/C23H24ClN5O3S/c1-13(2)21(31)26-18-6-4-5-15(11-18)14(3)28-29-23-27-22(32)19(33-23)12-20(30)25-17-9-7-16(24)8-10-17/h4-11,13,19H,12H2,1-3H3,(H,25,30)(H,26,31)(H,27,29,32)/t19-/m0/s1. The van der Waals surface area contributed by atoms with Gasteiger partial charge in [-0.2, -0.15) is 5.10 Å². The van der Waals surface area contributed by atoms with Crippen LogP contribution in [0.25, 0.3) is 0 Å². The predicted molar refractivity (Wildman–Crippen MR) is 134 cm³/mol. The monoisotopic (exact) mass is 485 g/mol. The van der Waals surface area contributed by atoms with E-state index in [9.17, 15) is 14.4 Å². The molecule has 0 aliphatic carbocycles. The lowest BCUT2D eigenvalue weighted by Crippen LogP contribution is -2.28. The third kappa shape index (κ3) is 7.16. The number of thioether (sulfide) groups is 1. The van der Waals surface area contributed by atoms with E-state index in [1.807, 2.05) is 32.0 Å². The van der Waals surface area contributed by atoms with E-state index in [-0.39, 0.29) is 30.1 Å². The molecule has 0 aromatic heterocycles. The van der Waals surface area contributed by atoms with Gasteiger partial charge >= 0.3 is 0 Å². The van der Waals surface area contributed by atoms with E-state index >= 15 is 0 Å². The van der Waals surface area contributed by atoms with Gasteiger partial charge in [0.1, 0.15) is 5.25 Å². The maximum absolute atomic E-state index is 12.3. The Morgan fingerprint density at radius 1 is 1.12 bits per heavy atom. The average molecular weight is 486 g/mol. The molecule has 1 heterocycles. The smallest absolute Gasteiger partial charge is 0.240 e. The molecule has 2 aromatic rings. The molecule has 0 radical (unpaired) electrons. The van der Waals surface area contributed by atoms with Gasteiger partial charge in [0.05, 0.1) is 5.71 Å². The molecule has 3 amide bonds. The van der Waals surface area contributed by atoms with Gasteiger partial charge in [0.15, 0.2) is 5.17 Å². The Labute approximate surface area is 201 Å². The highest BCUT2D eigenvalue weighted by molar-refractivity contribution is 8.15. The molecule has 0 bridgehead atoms. The van der Waals surface area contributed by atoms with E-state index in [0.29, 0.717) is 27.3 Å². The van der Waals surface area contributed by atoms with E-state index in [0.717, 1.165) is 17.3 Å². The number of benzene rings is 2. The van der Waals surface area contributed by atoms with Crippen LogP contribution in [0.5, 0.6) is 0 Å². The summed E-state index contributed by atoms with van der Waals surface area (Å²) in [5.74, 6) is -0.778. The van der Waals surface area contributed by atoms with Crippen LogP contribution in [-0.2, 0) is 14.4 Å². The van der Waals surface area contributed by atoms with Crippen LogP contribution in [-0.4, -0.2) is 33.9 Å². The van der Waals surface area contributed by atoms with Crippen molar-refractivity contribution in [2.45, 2.75) is 32.4 Å². The fourth-order valence-electron chi connectivity index (χ4n) is 2.79. The van der Waals surface area contributed by atoms with Crippen molar-refractivity contribution in [2.24, 2.45) is 16.1 Å². The van der Waals surface area contributed by atoms with Crippen molar-refractivity contribution < 1.29 is 14.4 Å². The molecular formula is C23H24ClN5O3S. The van der Waals surface area contributed by atoms with Crippen molar-refractivity contribution in [3.63, 3.8) is 0 Å². The first-order valence-corrected chi connectivity index (χ1v) is 11.5. The fourth-order valence-corrected chi connectivity index (χ4v) is 3.83. The van der Waals surface area contributed by atoms with Gasteiger partial charge in [-0.15, -0.1) is 5.10 Å². The summed E-state index contributed by atoms with van der Waals surface area (Å²) in [6.07, 6.45) is -0.00155. The Balaban J connectivity index is 1.60. The van der Waals surface area contributed by atoms with E-state index in [1.54, 1.807) is 37.3 Å². The third-order valence-corrected chi connectivity index (χ3v) is 5.96. The van der Waals surface area contributed by atoms with Crippen LogP contribution in [0.2, 0.25) is 5.02 Å². The number of carbonyl (C=O) groups is 3. The second-order valence-electron chi connectivity index (χ2n) is 7.67. The van der Waals surface area contributed by atoms with Gasteiger partial charge < -0.3 is 16.0 Å². The number of carbonyl (C=O) groups excluding carboxylic acids is 3. The first-order chi connectivity index (χ1) is 15.7. The first kappa shape index (κ1) is 24.5. The van der Waals surface area contributed by atoms with E-state index in [4.69, 9.17) is 11.6 Å². The number of anilines is 2. The Morgan fingerprint density at radius 2 is 1.85 bits per heavy atom. The highest BCUT2D eigenvalue weighted by Crippen LogP contribution is 2.23. The molecule has 0 saturated carbocycles. The minimum absolute atomic E-state index is 0.00155. The van der Waals surface area contributed by atoms with Gasteiger partial charge in [0.2, 0.25) is 17.7 Å². The Kier molecular flexibility index (Phi) is 8.24. The van der Waals surface area contributed by atoms with Crippen LogP contribution in [0.4, 0.5) is 11.4 Å². The maximum Gasteiger partial charge on any atom is 0.240 e. The maximum atomic E-state index is 12.3. The average Bonchev–Trinajstić information content (AvgIpc) is 3.12. The van der Waals surface area contributed by atoms with Crippen LogP contribution in [0.3, 0.4) is 0 Å². The molecule has 0 unspecified atom stereocenters. The second-order valence-corrected chi connectivity index (χ2v) is 9.30. The third-order valence-electron chi connectivity index (χ3n) is 4.64. The zero-order valence-corrected chi connectivity index (χ0v) is 20.0. The van der Waals surface area contributed by atoms with Gasteiger partial charge in [0, 0.05) is 28.7 Å². The summed E-state index contributed by atoms with van der Waals surface area (Å²) in [4.78, 5) is 36.4. The molecule has 2 aromatic carbocycles. The van der Waals surface area contributed by atoms with Crippen LogP contribution >= 0.6 is 23.4 Å². The van der Waals surface area contributed by atoms with E-state index < -0.39 is 5.25 Å². The number of nitrogens with zero attached hydrogens (tertiary/aromatic N) is 2. The molecule has 3 N–H and O–H groups in total. The zero-order chi connectivity index (χ0) is 24.0. The summed E-state index contributed by atoms with van der Waals surface area (Å²) >= 11 is 7.00. The van der Waals surface area contributed by atoms with E-state index in [1.165, 1.54) is 0 Å². The summed E-state index contributed by atoms with van der Waals surface area (Å²) in [5.41, 5.74) is 2.67. The molecule has 1 fully saturated rings. The van der Waals surface area contributed by atoms with Gasteiger partial charge in [-0.05, 0) is 48.9 Å². The summed E-state index contributed by atoms with van der Waals surface area (Å²) in [6, 6.07) is 14.0. The fraction of sp³-hybridized carbons (Fsp3) is 0.261. The molecule has 10 heteroatoms. The second kappa shape index (κ2) is 11.1. The number of amidine groups is 1. The number of amides is 3. The molecule has 0 spiro atoms. The van der Waals surface area contributed by atoms with Crippen molar-refractivity contribution in [1.82, 2.24) is 5.32 Å². The first-order valence-electron chi connectivity index (χ1n) is 10.3. The van der Waals surface area contributed by atoms with Gasteiger partial charge in [-0.25, -0.2) is 0 Å². The molecule has 1 aliphatic rings. The number of nitrogens with one attached hydrogen (secondary N) is 3. The number of halogens is 1. The van der Waals surface area contributed by atoms with Gasteiger partial charge in [-0.3, -0.25) is 14.4 Å². The molecule has 8 nitrogen and oxygen atoms in total. The van der Waals surface area contributed by atoms with Gasteiger partial charge in [-0.1, -0.05) is 49.3 Å². The molecule has 172 valence electrons. The van der Waals surface area contributed by atoms with Crippen molar-refractivity contribution in [2.75, 3.05) is 10.6 Å². The molecule has 1 atom stereocenters. The molecular weight excluding hydrogens is 462 g/mol. The van der Waals surface area contributed by atoms with Crippen molar-refractivity contribution in [3.8, 4) is 0 Å².